The molecule has 0 bridgehead atoms. The van der Waals surface area contributed by atoms with Crippen LogP contribution in [-0.2, 0) is 17.8 Å². The normalized spacial score (nSPS) is 13.0. The summed E-state index contributed by atoms with van der Waals surface area (Å²) in [6, 6.07) is 6.68. The fourth-order valence-corrected chi connectivity index (χ4v) is 3.07. The Balaban J connectivity index is 1.75. The van der Waals surface area contributed by atoms with Crippen LogP contribution < -0.4 is 15.8 Å². The van der Waals surface area contributed by atoms with Gasteiger partial charge in [-0.25, -0.2) is 4.98 Å². The summed E-state index contributed by atoms with van der Waals surface area (Å²) >= 11 is 0. The zero-order valence-corrected chi connectivity index (χ0v) is 14.5. The number of H-pyrrole nitrogens is 1. The van der Waals surface area contributed by atoms with Crippen molar-refractivity contribution < 1.29 is 9.59 Å². The summed E-state index contributed by atoms with van der Waals surface area (Å²) in [5.74, 6) is 0.00539. The van der Waals surface area contributed by atoms with Gasteiger partial charge in [0, 0.05) is 29.6 Å². The Morgan fingerprint density at radius 1 is 1.38 bits per heavy atom. The Hall–Kier alpha value is -3.22. The van der Waals surface area contributed by atoms with Gasteiger partial charge in [-0.1, -0.05) is 6.58 Å². The molecule has 0 radical (unpaired) electrons. The summed E-state index contributed by atoms with van der Waals surface area (Å²) in [7, 11) is 0. The van der Waals surface area contributed by atoms with Crippen LogP contribution in [0.25, 0.3) is 0 Å². The highest BCUT2D eigenvalue weighted by Gasteiger charge is 2.21. The molecule has 2 N–H and O–H groups in total. The molecule has 1 aliphatic rings. The topological polar surface area (TPSA) is 95.2 Å². The molecule has 0 atom stereocenters. The van der Waals surface area contributed by atoms with Gasteiger partial charge in [0.2, 0.25) is 5.91 Å². The third-order valence-corrected chi connectivity index (χ3v) is 4.24. The molecule has 0 spiro atoms. The zero-order chi connectivity index (χ0) is 18.7. The van der Waals surface area contributed by atoms with Gasteiger partial charge < -0.3 is 15.2 Å². The van der Waals surface area contributed by atoms with Crippen molar-refractivity contribution in [3.8, 4) is 0 Å². The van der Waals surface area contributed by atoms with Crippen molar-refractivity contribution in [1.29, 1.82) is 0 Å². The number of aryl methyl sites for hydroxylation is 2. The summed E-state index contributed by atoms with van der Waals surface area (Å²) < 4.78 is 0. The van der Waals surface area contributed by atoms with Crippen LogP contribution in [-0.4, -0.2) is 28.3 Å². The van der Waals surface area contributed by atoms with E-state index in [0.29, 0.717) is 23.6 Å². The lowest BCUT2D eigenvalue weighted by Gasteiger charge is -2.28. The van der Waals surface area contributed by atoms with Crippen LogP contribution in [0.1, 0.15) is 33.9 Å². The second-order valence-corrected chi connectivity index (χ2v) is 6.16. The van der Waals surface area contributed by atoms with E-state index in [1.54, 1.807) is 30.0 Å². The molecule has 0 fully saturated rings. The maximum atomic E-state index is 12.4. The van der Waals surface area contributed by atoms with E-state index in [1.165, 1.54) is 12.1 Å². The van der Waals surface area contributed by atoms with Gasteiger partial charge in [0.15, 0.2) is 0 Å². The van der Waals surface area contributed by atoms with E-state index < -0.39 is 0 Å². The average Bonchev–Trinajstić information content (AvgIpc) is 2.63. The quantitative estimate of drug-likeness (QED) is 0.815. The minimum atomic E-state index is -0.260. The van der Waals surface area contributed by atoms with Crippen molar-refractivity contribution in [3.63, 3.8) is 0 Å². The number of carbonyl (C=O) groups is 2. The van der Waals surface area contributed by atoms with E-state index >= 15 is 0 Å². The fourth-order valence-electron chi connectivity index (χ4n) is 3.07. The van der Waals surface area contributed by atoms with Crippen LogP contribution in [0.4, 0.5) is 5.69 Å². The minimum Gasteiger partial charge on any atom is -0.345 e. The molecule has 0 aliphatic carbocycles. The number of aromatic nitrogens is 2. The molecule has 3 rings (SSSR count). The highest BCUT2D eigenvalue weighted by Crippen LogP contribution is 2.28. The van der Waals surface area contributed by atoms with Gasteiger partial charge in [-0.15, -0.1) is 0 Å². The van der Waals surface area contributed by atoms with E-state index in [0.717, 1.165) is 24.1 Å². The number of nitrogens with one attached hydrogen (secondary N) is 2. The van der Waals surface area contributed by atoms with Gasteiger partial charge in [0.1, 0.15) is 5.82 Å². The third kappa shape index (κ3) is 3.72. The molecular weight excluding hydrogens is 332 g/mol. The van der Waals surface area contributed by atoms with Gasteiger partial charge >= 0.3 is 0 Å². The monoisotopic (exact) mass is 352 g/mol. The minimum absolute atomic E-state index is 0.133. The molecule has 7 nitrogen and oxygen atoms in total. The first-order valence-corrected chi connectivity index (χ1v) is 8.40. The molecule has 1 aromatic heterocycles. The zero-order valence-electron chi connectivity index (χ0n) is 14.5. The van der Waals surface area contributed by atoms with Gasteiger partial charge in [-0.2, -0.15) is 0 Å². The highest BCUT2D eigenvalue weighted by atomic mass is 16.2. The number of fused-ring (bicyclic) bond motifs is 1. The van der Waals surface area contributed by atoms with Crippen LogP contribution in [0.3, 0.4) is 0 Å². The number of rotatable bonds is 4. The summed E-state index contributed by atoms with van der Waals surface area (Å²) in [5, 5.41) is 2.75. The number of nitrogens with zero attached hydrogens (tertiary/aromatic N) is 2. The molecule has 0 saturated carbocycles. The predicted octanol–water partition coefficient (Wildman–Crippen LogP) is 1.47. The summed E-state index contributed by atoms with van der Waals surface area (Å²) in [6.07, 6.45) is 2.95. The van der Waals surface area contributed by atoms with E-state index in [4.69, 9.17) is 0 Å². The molecule has 1 aliphatic heterocycles. The van der Waals surface area contributed by atoms with Gasteiger partial charge in [0.05, 0.1) is 6.54 Å². The van der Waals surface area contributed by atoms with E-state index in [-0.39, 0.29) is 23.9 Å². The summed E-state index contributed by atoms with van der Waals surface area (Å²) in [5.41, 5.74) is 2.64. The smallest absolute Gasteiger partial charge is 0.251 e. The second-order valence-electron chi connectivity index (χ2n) is 6.16. The Bertz CT molecular complexity index is 933. The Kier molecular flexibility index (Phi) is 4.97. The molecule has 1 aromatic carbocycles. The third-order valence-electron chi connectivity index (χ3n) is 4.24. The van der Waals surface area contributed by atoms with Gasteiger partial charge in [0.25, 0.3) is 11.5 Å². The predicted molar refractivity (Wildman–Crippen MR) is 98.1 cm³/mol. The van der Waals surface area contributed by atoms with Gasteiger partial charge in [-0.3, -0.25) is 14.4 Å². The lowest BCUT2D eigenvalue weighted by Crippen LogP contribution is -2.34. The number of benzene rings is 1. The highest BCUT2D eigenvalue weighted by molar-refractivity contribution is 6.02. The number of anilines is 1. The number of amides is 2. The van der Waals surface area contributed by atoms with Crippen LogP contribution in [0.5, 0.6) is 0 Å². The molecule has 2 aromatic rings. The van der Waals surface area contributed by atoms with Crippen LogP contribution >= 0.6 is 0 Å². The average molecular weight is 352 g/mol. The molecule has 7 heteroatoms. The largest absolute Gasteiger partial charge is 0.345 e. The molecule has 2 amide bonds. The number of hydrogen-bond acceptors (Lipinski definition) is 4. The van der Waals surface area contributed by atoms with Crippen LogP contribution in [0, 0.1) is 6.92 Å². The SMILES string of the molecule is C=CC(=O)N1CCCc2cc(C(=O)NCc3nc(C)cc(=O)[nH]3)ccc21. The molecular formula is C19H20N4O3. The Labute approximate surface area is 150 Å². The Morgan fingerprint density at radius 3 is 2.92 bits per heavy atom. The van der Waals surface area contributed by atoms with Crippen molar-refractivity contribution >= 4 is 17.5 Å². The van der Waals surface area contributed by atoms with Crippen molar-refractivity contribution in [3.05, 3.63) is 69.9 Å². The van der Waals surface area contributed by atoms with Crippen molar-refractivity contribution in [2.45, 2.75) is 26.3 Å². The van der Waals surface area contributed by atoms with E-state index in [2.05, 4.69) is 21.9 Å². The van der Waals surface area contributed by atoms with Gasteiger partial charge in [-0.05, 0) is 49.6 Å². The summed E-state index contributed by atoms with van der Waals surface area (Å²) in [4.78, 5) is 44.3. The molecule has 0 unspecified atom stereocenters. The number of hydrogen-bond donors (Lipinski definition) is 2. The molecule has 0 saturated heterocycles. The maximum absolute atomic E-state index is 12.4. The van der Waals surface area contributed by atoms with E-state index in [9.17, 15) is 14.4 Å². The van der Waals surface area contributed by atoms with Crippen LogP contribution in [0.15, 0.2) is 41.7 Å². The fraction of sp³-hybridized carbons (Fsp3) is 0.263. The van der Waals surface area contributed by atoms with Crippen molar-refractivity contribution in [2.24, 2.45) is 0 Å². The number of carbonyl (C=O) groups excluding carboxylic acids is 2. The number of aromatic amines is 1. The first kappa shape index (κ1) is 17.6. The molecule has 2 heterocycles. The van der Waals surface area contributed by atoms with Crippen molar-refractivity contribution in [1.82, 2.24) is 15.3 Å². The molecule has 26 heavy (non-hydrogen) atoms. The standard InChI is InChI=1S/C19H20N4O3/c1-3-18(25)23-8-4-5-13-10-14(6-7-15(13)23)19(26)20-11-16-21-12(2)9-17(24)22-16/h3,6-7,9-10H,1,4-5,8,11H2,2H3,(H,20,26)(H,21,22,24). The second kappa shape index (κ2) is 7.35. The lowest BCUT2D eigenvalue weighted by molar-refractivity contribution is -0.114. The maximum Gasteiger partial charge on any atom is 0.251 e. The first-order valence-electron chi connectivity index (χ1n) is 8.40. The Morgan fingerprint density at radius 2 is 2.19 bits per heavy atom. The van der Waals surface area contributed by atoms with Crippen LogP contribution in [0.2, 0.25) is 0 Å². The van der Waals surface area contributed by atoms with E-state index in [1.807, 2.05) is 0 Å². The molecule has 134 valence electrons. The first-order chi connectivity index (χ1) is 12.5. The van der Waals surface area contributed by atoms with Crippen molar-refractivity contribution in [2.75, 3.05) is 11.4 Å². The summed E-state index contributed by atoms with van der Waals surface area (Å²) in [6.45, 7) is 6.04. The lowest BCUT2D eigenvalue weighted by atomic mass is 9.98.